The first-order valence-electron chi connectivity index (χ1n) is 8.51. The Balaban J connectivity index is 1.81. The summed E-state index contributed by atoms with van der Waals surface area (Å²) >= 11 is 0. The summed E-state index contributed by atoms with van der Waals surface area (Å²) in [6.07, 6.45) is 1.52. The van der Waals surface area contributed by atoms with Gasteiger partial charge in [0.2, 0.25) is 5.78 Å². The van der Waals surface area contributed by atoms with Gasteiger partial charge in [0, 0.05) is 17.7 Å². The number of esters is 1. The van der Waals surface area contributed by atoms with Gasteiger partial charge in [-0.15, -0.1) is 0 Å². The van der Waals surface area contributed by atoms with E-state index in [1.165, 1.54) is 30.3 Å². The number of ketones is 1. The summed E-state index contributed by atoms with van der Waals surface area (Å²) in [5.74, 6) is 0.0942. The van der Waals surface area contributed by atoms with E-state index < -0.39 is 10.9 Å². The van der Waals surface area contributed by atoms with E-state index in [0.29, 0.717) is 28.2 Å². The highest BCUT2D eigenvalue weighted by molar-refractivity contribution is 6.15. The normalized spacial score (nSPS) is 13.8. The number of non-ortho nitro benzene ring substituents is 1. The smallest absolute Gasteiger partial charge is 0.344 e. The van der Waals surface area contributed by atoms with E-state index in [4.69, 9.17) is 14.2 Å². The van der Waals surface area contributed by atoms with Crippen molar-refractivity contribution in [2.24, 2.45) is 0 Å². The van der Waals surface area contributed by atoms with Gasteiger partial charge in [-0.1, -0.05) is 0 Å². The summed E-state index contributed by atoms with van der Waals surface area (Å²) in [6.45, 7) is 3.45. The third kappa shape index (κ3) is 3.85. The molecule has 0 N–H and O–H groups in total. The lowest BCUT2D eigenvalue weighted by atomic mass is 10.1. The number of nitrogens with zero attached hydrogens (tertiary/aromatic N) is 1. The summed E-state index contributed by atoms with van der Waals surface area (Å²) in [6, 6.07) is 8.94. The van der Waals surface area contributed by atoms with Gasteiger partial charge in [-0.2, -0.15) is 0 Å². The van der Waals surface area contributed by atoms with E-state index in [9.17, 15) is 19.7 Å². The molecule has 0 unspecified atom stereocenters. The monoisotopic (exact) mass is 383 g/mol. The Kier molecular flexibility index (Phi) is 5.39. The third-order valence-corrected chi connectivity index (χ3v) is 4.09. The Labute approximate surface area is 160 Å². The van der Waals surface area contributed by atoms with Crippen LogP contribution < -0.4 is 9.47 Å². The van der Waals surface area contributed by atoms with Crippen molar-refractivity contribution in [3.05, 3.63) is 69.0 Å². The maximum atomic E-state index is 12.6. The van der Waals surface area contributed by atoms with Crippen LogP contribution in [0, 0.1) is 17.0 Å². The van der Waals surface area contributed by atoms with E-state index in [2.05, 4.69) is 0 Å². The topological polar surface area (TPSA) is 105 Å². The average molecular weight is 383 g/mol. The van der Waals surface area contributed by atoms with Crippen molar-refractivity contribution in [3.8, 4) is 11.5 Å². The number of nitro groups is 1. The van der Waals surface area contributed by atoms with Crippen molar-refractivity contribution in [3.63, 3.8) is 0 Å². The first kappa shape index (κ1) is 19.1. The Bertz CT molecular complexity index is 977. The minimum atomic E-state index is -0.495. The number of ether oxygens (including phenoxy) is 3. The summed E-state index contributed by atoms with van der Waals surface area (Å²) < 4.78 is 16.0. The Morgan fingerprint density at radius 3 is 2.57 bits per heavy atom. The Hall–Kier alpha value is -3.68. The molecule has 0 saturated heterocycles. The first-order chi connectivity index (χ1) is 13.4. The predicted octanol–water partition coefficient (Wildman–Crippen LogP) is 3.46. The zero-order valence-corrected chi connectivity index (χ0v) is 15.3. The second-order valence-electron chi connectivity index (χ2n) is 5.95. The van der Waals surface area contributed by atoms with E-state index >= 15 is 0 Å². The van der Waals surface area contributed by atoms with Crippen LogP contribution in [0.2, 0.25) is 0 Å². The molecule has 0 bridgehead atoms. The molecule has 0 fully saturated rings. The van der Waals surface area contributed by atoms with Crippen LogP contribution >= 0.6 is 0 Å². The lowest BCUT2D eigenvalue weighted by Gasteiger charge is -2.10. The van der Waals surface area contributed by atoms with Crippen LogP contribution in [0.25, 0.3) is 6.08 Å². The number of nitro benzene ring substituents is 1. The van der Waals surface area contributed by atoms with Gasteiger partial charge in [-0.3, -0.25) is 14.9 Å². The van der Waals surface area contributed by atoms with Crippen molar-refractivity contribution < 1.29 is 28.7 Å². The van der Waals surface area contributed by atoms with Crippen molar-refractivity contribution in [1.82, 2.24) is 0 Å². The molecule has 0 atom stereocenters. The van der Waals surface area contributed by atoms with Gasteiger partial charge >= 0.3 is 5.97 Å². The molecule has 8 nitrogen and oxygen atoms in total. The molecule has 144 valence electrons. The number of allylic oxidation sites excluding steroid dienone is 1. The van der Waals surface area contributed by atoms with Crippen molar-refractivity contribution in [2.45, 2.75) is 13.8 Å². The van der Waals surface area contributed by atoms with Crippen molar-refractivity contribution in [2.75, 3.05) is 13.2 Å². The molecule has 0 spiro atoms. The average Bonchev–Trinajstić information content (AvgIpc) is 2.98. The second-order valence-corrected chi connectivity index (χ2v) is 5.95. The number of fused-ring (bicyclic) bond motifs is 1. The van der Waals surface area contributed by atoms with Crippen LogP contribution in [0.5, 0.6) is 11.5 Å². The quantitative estimate of drug-likeness (QED) is 0.325. The van der Waals surface area contributed by atoms with Crippen LogP contribution in [-0.2, 0) is 9.53 Å². The molecule has 3 rings (SSSR count). The minimum Gasteiger partial charge on any atom is -0.481 e. The van der Waals surface area contributed by atoms with Gasteiger partial charge in [-0.05, 0) is 49.8 Å². The number of hydrogen-bond acceptors (Lipinski definition) is 7. The van der Waals surface area contributed by atoms with Gasteiger partial charge in [0.05, 0.1) is 17.1 Å². The zero-order valence-electron chi connectivity index (χ0n) is 15.3. The molecule has 2 aromatic rings. The molecule has 1 heterocycles. The first-order valence-corrected chi connectivity index (χ1v) is 8.51. The number of rotatable bonds is 6. The Morgan fingerprint density at radius 2 is 1.93 bits per heavy atom. The highest BCUT2D eigenvalue weighted by atomic mass is 16.6. The van der Waals surface area contributed by atoms with Crippen molar-refractivity contribution >= 4 is 23.5 Å². The van der Waals surface area contributed by atoms with Crippen LogP contribution in [0.15, 0.2) is 42.2 Å². The highest BCUT2D eigenvalue weighted by Gasteiger charge is 2.30. The number of hydrogen-bond donors (Lipinski definition) is 0. The minimum absolute atomic E-state index is 0.0386. The van der Waals surface area contributed by atoms with Gasteiger partial charge < -0.3 is 14.2 Å². The van der Waals surface area contributed by atoms with Crippen molar-refractivity contribution in [1.29, 1.82) is 0 Å². The van der Waals surface area contributed by atoms with Gasteiger partial charge in [0.25, 0.3) is 5.69 Å². The van der Waals surface area contributed by atoms with Gasteiger partial charge in [-0.25, -0.2) is 4.79 Å². The second kappa shape index (κ2) is 7.91. The molecular formula is C20H17NO7. The van der Waals surface area contributed by atoms with E-state index in [-0.39, 0.29) is 30.4 Å². The van der Waals surface area contributed by atoms with Gasteiger partial charge in [0.15, 0.2) is 12.4 Å². The summed E-state index contributed by atoms with van der Waals surface area (Å²) in [4.78, 5) is 34.3. The predicted molar refractivity (Wildman–Crippen MR) is 99.3 cm³/mol. The van der Waals surface area contributed by atoms with Crippen LogP contribution in [0.1, 0.15) is 28.4 Å². The van der Waals surface area contributed by atoms with E-state index in [1.54, 1.807) is 26.0 Å². The molecule has 8 heteroatoms. The third-order valence-electron chi connectivity index (χ3n) is 4.09. The molecule has 0 radical (unpaired) electrons. The van der Waals surface area contributed by atoms with E-state index in [1.807, 2.05) is 0 Å². The summed E-state index contributed by atoms with van der Waals surface area (Å²) in [5, 5.41) is 10.7. The zero-order chi connectivity index (χ0) is 20.3. The number of carbonyl (C=O) groups is 2. The van der Waals surface area contributed by atoms with Gasteiger partial charge in [0.1, 0.15) is 11.5 Å². The van der Waals surface area contributed by atoms with E-state index in [0.717, 1.165) is 0 Å². The van der Waals surface area contributed by atoms with Crippen LogP contribution in [0.3, 0.4) is 0 Å². The molecule has 2 aromatic carbocycles. The summed E-state index contributed by atoms with van der Waals surface area (Å²) in [7, 11) is 0. The molecule has 0 aliphatic carbocycles. The lowest BCUT2D eigenvalue weighted by molar-refractivity contribution is -0.384. The fourth-order valence-corrected chi connectivity index (χ4v) is 2.71. The molecular weight excluding hydrogens is 366 g/mol. The highest BCUT2D eigenvalue weighted by Crippen LogP contribution is 2.39. The summed E-state index contributed by atoms with van der Waals surface area (Å²) in [5.41, 5.74) is 1.53. The molecule has 1 aliphatic heterocycles. The standard InChI is InChI=1S/C20H17NO7/c1-3-26-18(22)11-27-16-9-8-15-19(23)17(28-20(15)12(16)2)10-13-4-6-14(7-5-13)21(24)25/h4-10H,3,11H2,1-2H3/b17-10-. The maximum absolute atomic E-state index is 12.6. The molecule has 0 saturated carbocycles. The number of carbonyl (C=O) groups excluding carboxylic acids is 2. The molecule has 0 amide bonds. The van der Waals surface area contributed by atoms with Crippen LogP contribution in [-0.4, -0.2) is 29.9 Å². The molecule has 28 heavy (non-hydrogen) atoms. The molecule has 0 aromatic heterocycles. The molecule has 1 aliphatic rings. The van der Waals surface area contributed by atoms with Crippen LogP contribution in [0.4, 0.5) is 5.69 Å². The number of benzene rings is 2. The Morgan fingerprint density at radius 1 is 1.21 bits per heavy atom. The fourth-order valence-electron chi connectivity index (χ4n) is 2.71. The largest absolute Gasteiger partial charge is 0.481 e. The number of Topliss-reactive ketones (excluding diaryl/α,β-unsaturated/α-hetero) is 1. The fraction of sp³-hybridized carbons (Fsp3) is 0.200. The maximum Gasteiger partial charge on any atom is 0.344 e. The lowest BCUT2D eigenvalue weighted by Crippen LogP contribution is -2.15. The SMILES string of the molecule is CCOC(=O)COc1ccc2c(c1C)O/C(=C\c1ccc([N+](=O)[O-])cc1)C2=O.